The first-order valence-corrected chi connectivity index (χ1v) is 8.58. The first kappa shape index (κ1) is 18.9. The van der Waals surface area contributed by atoms with Gasteiger partial charge in [0.25, 0.3) is 0 Å². The number of carbonyl (C=O) groups is 2. The molecule has 2 aromatic rings. The third-order valence-electron chi connectivity index (χ3n) is 3.87. The van der Waals surface area contributed by atoms with Gasteiger partial charge in [0.05, 0.1) is 5.71 Å². The van der Waals surface area contributed by atoms with E-state index in [1.807, 2.05) is 36.4 Å². The minimum Gasteiger partial charge on any atom is -0.294 e. The van der Waals surface area contributed by atoms with Crippen LogP contribution in [-0.4, -0.2) is 17.4 Å². The van der Waals surface area contributed by atoms with E-state index in [2.05, 4.69) is 17.5 Å². The molecule has 0 saturated heterocycles. The van der Waals surface area contributed by atoms with E-state index in [9.17, 15) is 9.59 Å². The van der Waals surface area contributed by atoms with Crippen molar-refractivity contribution in [2.24, 2.45) is 5.10 Å². The third-order valence-corrected chi connectivity index (χ3v) is 4.13. The molecule has 2 aromatic carbocycles. The molecule has 0 bridgehead atoms. The SMILES string of the molecule is CCc1ccc(C(=O)CCC(=O)NN=C(C)c2ccc(Cl)cc2)cc1. The Balaban J connectivity index is 1.84. The summed E-state index contributed by atoms with van der Waals surface area (Å²) in [4.78, 5) is 24.0. The molecule has 0 radical (unpaired) electrons. The summed E-state index contributed by atoms with van der Waals surface area (Å²) in [6.45, 7) is 3.86. The van der Waals surface area contributed by atoms with Gasteiger partial charge in [-0.2, -0.15) is 5.10 Å². The highest BCUT2D eigenvalue weighted by Gasteiger charge is 2.09. The van der Waals surface area contributed by atoms with Gasteiger partial charge >= 0.3 is 0 Å². The number of hydrogen-bond donors (Lipinski definition) is 1. The number of hydrazone groups is 1. The lowest BCUT2D eigenvalue weighted by Gasteiger charge is -2.04. The van der Waals surface area contributed by atoms with Crippen molar-refractivity contribution in [2.45, 2.75) is 33.1 Å². The number of nitrogens with zero attached hydrogens (tertiary/aromatic N) is 1. The normalized spacial score (nSPS) is 11.2. The maximum Gasteiger partial charge on any atom is 0.240 e. The molecule has 0 saturated carbocycles. The highest BCUT2D eigenvalue weighted by atomic mass is 35.5. The van der Waals surface area contributed by atoms with E-state index >= 15 is 0 Å². The van der Waals surface area contributed by atoms with Crippen molar-refractivity contribution in [1.29, 1.82) is 0 Å². The quantitative estimate of drug-likeness (QED) is 0.454. The Kier molecular flexibility index (Phi) is 6.90. The van der Waals surface area contributed by atoms with E-state index < -0.39 is 0 Å². The van der Waals surface area contributed by atoms with Crippen molar-refractivity contribution in [3.05, 3.63) is 70.2 Å². The number of rotatable bonds is 7. The monoisotopic (exact) mass is 356 g/mol. The molecule has 0 aliphatic heterocycles. The van der Waals surface area contributed by atoms with Crippen LogP contribution in [0, 0.1) is 0 Å². The summed E-state index contributed by atoms with van der Waals surface area (Å²) < 4.78 is 0. The number of ketones is 1. The van der Waals surface area contributed by atoms with E-state index in [4.69, 9.17) is 11.6 Å². The van der Waals surface area contributed by atoms with Gasteiger partial charge in [-0.05, 0) is 36.6 Å². The Morgan fingerprint density at radius 1 is 0.960 bits per heavy atom. The summed E-state index contributed by atoms with van der Waals surface area (Å²) in [6.07, 6.45) is 1.19. The number of Topliss-reactive ketones (excluding diaryl/α,β-unsaturated/α-hetero) is 1. The molecular formula is C20H21ClN2O2. The molecule has 2 rings (SSSR count). The number of nitrogens with one attached hydrogen (secondary N) is 1. The zero-order chi connectivity index (χ0) is 18.2. The molecule has 4 nitrogen and oxygen atoms in total. The summed E-state index contributed by atoms with van der Waals surface area (Å²) >= 11 is 5.84. The fourth-order valence-corrected chi connectivity index (χ4v) is 2.38. The zero-order valence-corrected chi connectivity index (χ0v) is 15.1. The fraction of sp³-hybridized carbons (Fsp3) is 0.250. The largest absolute Gasteiger partial charge is 0.294 e. The van der Waals surface area contributed by atoms with Gasteiger partial charge in [-0.1, -0.05) is 54.9 Å². The molecule has 0 aliphatic carbocycles. The van der Waals surface area contributed by atoms with E-state index in [-0.39, 0.29) is 24.5 Å². The lowest BCUT2D eigenvalue weighted by atomic mass is 10.0. The van der Waals surface area contributed by atoms with Gasteiger partial charge in [-0.3, -0.25) is 9.59 Å². The molecule has 0 fully saturated rings. The van der Waals surface area contributed by atoms with Crippen LogP contribution < -0.4 is 5.43 Å². The summed E-state index contributed by atoms with van der Waals surface area (Å²) in [5.41, 5.74) is 5.84. The minimum atomic E-state index is -0.285. The predicted octanol–water partition coefficient (Wildman–Crippen LogP) is 4.41. The maximum absolute atomic E-state index is 12.1. The Labute approximate surface area is 152 Å². The lowest BCUT2D eigenvalue weighted by molar-refractivity contribution is -0.121. The number of halogens is 1. The number of hydrogen-bond acceptors (Lipinski definition) is 3. The highest BCUT2D eigenvalue weighted by Crippen LogP contribution is 2.11. The van der Waals surface area contributed by atoms with E-state index in [0.717, 1.165) is 12.0 Å². The molecule has 0 heterocycles. The molecule has 1 N–H and O–H groups in total. The smallest absolute Gasteiger partial charge is 0.240 e. The molecule has 0 atom stereocenters. The van der Waals surface area contributed by atoms with Crippen molar-refractivity contribution in [2.75, 3.05) is 0 Å². The molecule has 0 unspecified atom stereocenters. The lowest BCUT2D eigenvalue weighted by Crippen LogP contribution is -2.20. The second-order valence-electron chi connectivity index (χ2n) is 5.71. The summed E-state index contributed by atoms with van der Waals surface area (Å²) in [5.74, 6) is -0.331. The van der Waals surface area contributed by atoms with Crippen LogP contribution in [0.15, 0.2) is 53.6 Å². The standard InChI is InChI=1S/C20H21ClN2O2/c1-3-15-4-6-17(7-5-15)19(24)12-13-20(25)23-22-14(2)16-8-10-18(21)11-9-16/h4-11H,3,12-13H2,1-2H3,(H,23,25). The van der Waals surface area contributed by atoms with Gasteiger partial charge in [0, 0.05) is 23.4 Å². The number of aryl methyl sites for hydroxylation is 1. The van der Waals surface area contributed by atoms with Crippen molar-refractivity contribution in [3.8, 4) is 0 Å². The van der Waals surface area contributed by atoms with Gasteiger partial charge in [-0.15, -0.1) is 0 Å². The first-order chi connectivity index (χ1) is 12.0. The molecular weight excluding hydrogens is 336 g/mol. The summed E-state index contributed by atoms with van der Waals surface area (Å²) in [6, 6.07) is 14.7. The van der Waals surface area contributed by atoms with Crippen molar-refractivity contribution in [3.63, 3.8) is 0 Å². The Bertz CT molecular complexity index is 765. The first-order valence-electron chi connectivity index (χ1n) is 8.20. The van der Waals surface area contributed by atoms with E-state index in [0.29, 0.717) is 16.3 Å². The second-order valence-corrected chi connectivity index (χ2v) is 6.15. The highest BCUT2D eigenvalue weighted by molar-refractivity contribution is 6.30. The van der Waals surface area contributed by atoms with Crippen LogP contribution in [0.4, 0.5) is 0 Å². The Morgan fingerprint density at radius 3 is 2.16 bits per heavy atom. The Morgan fingerprint density at radius 2 is 1.56 bits per heavy atom. The van der Waals surface area contributed by atoms with Gasteiger partial charge < -0.3 is 0 Å². The molecule has 25 heavy (non-hydrogen) atoms. The van der Waals surface area contributed by atoms with E-state index in [1.54, 1.807) is 19.1 Å². The number of amides is 1. The minimum absolute atomic E-state index is 0.0452. The molecule has 5 heteroatoms. The van der Waals surface area contributed by atoms with Crippen LogP contribution in [0.1, 0.15) is 48.2 Å². The van der Waals surface area contributed by atoms with Crippen LogP contribution in [-0.2, 0) is 11.2 Å². The van der Waals surface area contributed by atoms with Crippen LogP contribution in [0.25, 0.3) is 0 Å². The maximum atomic E-state index is 12.1. The van der Waals surface area contributed by atoms with Gasteiger partial charge in [0.1, 0.15) is 0 Å². The average Bonchev–Trinajstić information content (AvgIpc) is 2.64. The molecule has 0 aliphatic rings. The van der Waals surface area contributed by atoms with Crippen LogP contribution in [0.2, 0.25) is 5.02 Å². The van der Waals surface area contributed by atoms with Gasteiger partial charge in [0.15, 0.2) is 5.78 Å². The third kappa shape index (κ3) is 5.84. The molecule has 0 spiro atoms. The Hall–Kier alpha value is -2.46. The topological polar surface area (TPSA) is 58.5 Å². The number of benzene rings is 2. The molecule has 130 valence electrons. The van der Waals surface area contributed by atoms with Crippen molar-refractivity contribution < 1.29 is 9.59 Å². The number of carbonyl (C=O) groups excluding carboxylic acids is 2. The van der Waals surface area contributed by atoms with Gasteiger partial charge in [-0.25, -0.2) is 5.43 Å². The predicted molar refractivity (Wildman–Crippen MR) is 101 cm³/mol. The van der Waals surface area contributed by atoms with Crippen molar-refractivity contribution in [1.82, 2.24) is 5.43 Å². The van der Waals surface area contributed by atoms with E-state index in [1.165, 1.54) is 5.56 Å². The van der Waals surface area contributed by atoms with Crippen LogP contribution in [0.3, 0.4) is 0 Å². The van der Waals surface area contributed by atoms with Crippen LogP contribution in [0.5, 0.6) is 0 Å². The summed E-state index contributed by atoms with van der Waals surface area (Å²) in [5, 5.41) is 4.70. The average molecular weight is 357 g/mol. The zero-order valence-electron chi connectivity index (χ0n) is 14.4. The summed E-state index contributed by atoms with van der Waals surface area (Å²) in [7, 11) is 0. The molecule has 0 aromatic heterocycles. The van der Waals surface area contributed by atoms with Crippen molar-refractivity contribution >= 4 is 29.0 Å². The second kappa shape index (κ2) is 9.14. The van der Waals surface area contributed by atoms with Gasteiger partial charge in [0.2, 0.25) is 5.91 Å². The molecule has 1 amide bonds. The fourth-order valence-electron chi connectivity index (χ4n) is 2.26. The van der Waals surface area contributed by atoms with Crippen LogP contribution >= 0.6 is 11.6 Å².